The lowest BCUT2D eigenvalue weighted by Gasteiger charge is -2.35. The molecule has 6 nitrogen and oxygen atoms in total. The van der Waals surface area contributed by atoms with Crippen LogP contribution in [-0.2, 0) is 21.5 Å². The van der Waals surface area contributed by atoms with Crippen molar-refractivity contribution in [3.63, 3.8) is 0 Å². The average molecular weight is 644 g/mol. The van der Waals surface area contributed by atoms with Gasteiger partial charge < -0.3 is 10.2 Å². The van der Waals surface area contributed by atoms with Crippen LogP contribution in [-0.4, -0.2) is 52.8 Å². The molecule has 2 aliphatic heterocycles. The Morgan fingerprint density at radius 2 is 1.73 bits per heavy atom. The molecule has 1 N–H and O–H groups in total. The zero-order valence-electron chi connectivity index (χ0n) is 24.2. The number of piperidine rings is 1. The number of carbonyl (C=O) groups excluding carboxylic acids is 2. The molecule has 2 aliphatic rings. The summed E-state index contributed by atoms with van der Waals surface area (Å²) in [6, 6.07) is 14.1. The first kappa shape index (κ1) is 31.8. The van der Waals surface area contributed by atoms with Gasteiger partial charge in [0.15, 0.2) is 0 Å². The van der Waals surface area contributed by atoms with Crippen LogP contribution in [0.3, 0.4) is 0 Å². The first-order valence-corrected chi connectivity index (χ1v) is 15.1. The highest BCUT2D eigenvalue weighted by atomic mass is 35.5. The van der Waals surface area contributed by atoms with Crippen LogP contribution in [0, 0.1) is 28.8 Å². The van der Waals surface area contributed by atoms with Gasteiger partial charge in [-0.25, -0.2) is 13.2 Å². The first-order valence-electron chi connectivity index (χ1n) is 14.3. The molecule has 0 bridgehead atoms. The van der Waals surface area contributed by atoms with Crippen molar-refractivity contribution in [1.29, 1.82) is 5.26 Å². The maximum absolute atomic E-state index is 16.0. The third-order valence-corrected chi connectivity index (χ3v) is 9.59. The van der Waals surface area contributed by atoms with Crippen molar-refractivity contribution in [2.75, 3.05) is 13.1 Å². The maximum Gasteiger partial charge on any atom is 0.238 e. The van der Waals surface area contributed by atoms with Crippen LogP contribution >= 0.6 is 23.2 Å². The van der Waals surface area contributed by atoms with Gasteiger partial charge in [0.25, 0.3) is 0 Å². The second kappa shape index (κ2) is 12.8. The van der Waals surface area contributed by atoms with Gasteiger partial charge in [0.1, 0.15) is 22.9 Å². The van der Waals surface area contributed by atoms with Crippen LogP contribution in [0.5, 0.6) is 0 Å². The number of benzene rings is 3. The predicted octanol–water partition coefficient (Wildman–Crippen LogP) is 6.36. The SMILES string of the molecule is CC(=O)N1CCC(NC(=O)[C@H]2[C@H](c3cccc(Cl)c3F)[C@@](C#N)(c3ccc(Cl)cc3F)C(C)N2Cc2ccccc2F)CC1. The summed E-state index contributed by atoms with van der Waals surface area (Å²) < 4.78 is 46.8. The van der Waals surface area contributed by atoms with Gasteiger partial charge in [-0.3, -0.25) is 14.5 Å². The molecule has 0 saturated carbocycles. The van der Waals surface area contributed by atoms with Gasteiger partial charge in [-0.15, -0.1) is 0 Å². The van der Waals surface area contributed by atoms with Crippen molar-refractivity contribution >= 4 is 35.0 Å². The molecule has 1 unspecified atom stereocenters. The van der Waals surface area contributed by atoms with Gasteiger partial charge in [-0.2, -0.15) is 5.26 Å². The van der Waals surface area contributed by atoms with E-state index in [1.165, 1.54) is 49.4 Å². The molecule has 0 aromatic heterocycles. The van der Waals surface area contributed by atoms with E-state index >= 15 is 13.2 Å². The number of amides is 2. The number of nitriles is 1. The van der Waals surface area contributed by atoms with E-state index in [2.05, 4.69) is 11.4 Å². The molecule has 3 aromatic rings. The predicted molar refractivity (Wildman–Crippen MR) is 161 cm³/mol. The van der Waals surface area contributed by atoms with Crippen LogP contribution in [0.1, 0.15) is 49.3 Å². The monoisotopic (exact) mass is 642 g/mol. The number of hydrogen-bond donors (Lipinski definition) is 1. The Kier molecular flexibility index (Phi) is 9.26. The third kappa shape index (κ3) is 5.67. The molecule has 0 spiro atoms. The summed E-state index contributed by atoms with van der Waals surface area (Å²) in [5.41, 5.74) is -1.68. The minimum absolute atomic E-state index is 0.0390. The molecule has 2 saturated heterocycles. The number of carbonyl (C=O) groups is 2. The van der Waals surface area contributed by atoms with E-state index in [4.69, 9.17) is 23.2 Å². The van der Waals surface area contributed by atoms with Gasteiger partial charge >= 0.3 is 0 Å². The van der Waals surface area contributed by atoms with Crippen LogP contribution in [0.4, 0.5) is 13.2 Å². The zero-order chi connectivity index (χ0) is 31.8. The number of nitrogens with one attached hydrogen (secondary N) is 1. The minimum atomic E-state index is -1.83. The van der Waals surface area contributed by atoms with Gasteiger partial charge in [0.05, 0.1) is 17.1 Å². The van der Waals surface area contributed by atoms with E-state index in [0.29, 0.717) is 25.9 Å². The Bertz CT molecular complexity index is 1620. The summed E-state index contributed by atoms with van der Waals surface area (Å²) in [5, 5.41) is 13.9. The summed E-state index contributed by atoms with van der Waals surface area (Å²) >= 11 is 12.3. The van der Waals surface area contributed by atoms with Crippen molar-refractivity contribution in [3.05, 3.63) is 105 Å². The van der Waals surface area contributed by atoms with Crippen molar-refractivity contribution < 1.29 is 22.8 Å². The molecule has 5 rings (SSSR count). The van der Waals surface area contributed by atoms with Crippen molar-refractivity contribution in [3.8, 4) is 6.07 Å². The molecular weight excluding hydrogens is 612 g/mol. The normalized spacial score (nSPS) is 24.2. The smallest absolute Gasteiger partial charge is 0.238 e. The quantitative estimate of drug-likeness (QED) is 0.340. The summed E-state index contributed by atoms with van der Waals surface area (Å²) in [5.74, 6) is -3.99. The average Bonchev–Trinajstić information content (AvgIpc) is 3.23. The lowest BCUT2D eigenvalue weighted by atomic mass is 9.65. The molecule has 44 heavy (non-hydrogen) atoms. The highest BCUT2D eigenvalue weighted by Gasteiger charge is 2.63. The highest BCUT2D eigenvalue weighted by molar-refractivity contribution is 6.31. The molecule has 2 heterocycles. The Morgan fingerprint density at radius 3 is 2.36 bits per heavy atom. The van der Waals surface area contributed by atoms with Crippen LogP contribution in [0.15, 0.2) is 60.7 Å². The van der Waals surface area contributed by atoms with Crippen LogP contribution in [0.25, 0.3) is 0 Å². The molecule has 230 valence electrons. The van der Waals surface area contributed by atoms with E-state index in [-0.39, 0.29) is 45.2 Å². The second-order valence-electron chi connectivity index (χ2n) is 11.4. The molecule has 3 aromatic carbocycles. The molecule has 0 radical (unpaired) electrons. The summed E-state index contributed by atoms with van der Waals surface area (Å²) in [4.78, 5) is 29.6. The summed E-state index contributed by atoms with van der Waals surface area (Å²) in [6.45, 7) is 3.93. The van der Waals surface area contributed by atoms with Crippen LogP contribution < -0.4 is 5.32 Å². The van der Waals surface area contributed by atoms with Crippen LogP contribution in [0.2, 0.25) is 10.0 Å². The second-order valence-corrected chi connectivity index (χ2v) is 12.2. The fraction of sp³-hybridized carbons (Fsp3) is 0.364. The molecule has 11 heteroatoms. The molecule has 2 fully saturated rings. The zero-order valence-corrected chi connectivity index (χ0v) is 25.7. The fourth-order valence-corrected chi connectivity index (χ4v) is 7.15. The Morgan fingerprint density at radius 1 is 1.02 bits per heavy atom. The lowest BCUT2D eigenvalue weighted by molar-refractivity contribution is -0.130. The number of likely N-dealkylation sites (tertiary alicyclic amines) is 2. The van der Waals surface area contributed by atoms with Crippen molar-refractivity contribution in [2.45, 2.75) is 62.7 Å². The molecule has 2 amide bonds. The molecule has 0 aliphatic carbocycles. The number of hydrogen-bond acceptors (Lipinski definition) is 4. The maximum atomic E-state index is 16.0. The van der Waals surface area contributed by atoms with Crippen molar-refractivity contribution in [1.82, 2.24) is 15.1 Å². The number of nitrogens with zero attached hydrogens (tertiary/aromatic N) is 3. The Balaban J connectivity index is 1.69. The standard InChI is InChI=1S/C33H31Cl2F3N4O2/c1-19-33(18-39,25-11-10-22(34)16-28(25)37)29(24-7-5-8-26(35)30(24)38)31(42(19)17-21-6-3-4-9-27(21)36)32(44)40-23-12-14-41(15-13-23)20(2)43/h3-11,16,19,23,29,31H,12-15,17H2,1-2H3,(H,40,44)/t19?,29-,31+,33+/m0/s1. The number of rotatable bonds is 6. The molecular formula is C33H31Cl2F3N4O2. The topological polar surface area (TPSA) is 76.4 Å². The highest BCUT2D eigenvalue weighted by Crippen LogP contribution is 2.54. The van der Waals surface area contributed by atoms with Gasteiger partial charge in [0, 0.05) is 60.7 Å². The Labute approximate surface area is 264 Å². The van der Waals surface area contributed by atoms with E-state index in [9.17, 15) is 14.9 Å². The third-order valence-electron chi connectivity index (χ3n) is 9.06. The minimum Gasteiger partial charge on any atom is -0.352 e. The number of halogens is 5. The summed E-state index contributed by atoms with van der Waals surface area (Å²) in [6.07, 6.45) is 0.985. The lowest BCUT2D eigenvalue weighted by Crippen LogP contribution is -2.52. The summed E-state index contributed by atoms with van der Waals surface area (Å²) in [7, 11) is 0. The van der Waals surface area contributed by atoms with E-state index in [1.54, 1.807) is 28.9 Å². The van der Waals surface area contributed by atoms with E-state index < -0.39 is 46.8 Å². The van der Waals surface area contributed by atoms with Gasteiger partial charge in [-0.1, -0.05) is 59.6 Å². The largest absolute Gasteiger partial charge is 0.352 e. The fourth-order valence-electron chi connectivity index (χ4n) is 6.81. The first-order chi connectivity index (χ1) is 21.0. The Hall–Kier alpha value is -3.58. The van der Waals surface area contributed by atoms with Gasteiger partial charge in [0.2, 0.25) is 11.8 Å². The van der Waals surface area contributed by atoms with Crippen molar-refractivity contribution in [2.24, 2.45) is 0 Å². The van der Waals surface area contributed by atoms with Gasteiger partial charge in [-0.05, 0) is 49.6 Å². The molecule has 4 atom stereocenters. The van der Waals surface area contributed by atoms with E-state index in [0.717, 1.165) is 6.07 Å². The van der Waals surface area contributed by atoms with E-state index in [1.807, 2.05) is 0 Å².